The van der Waals surface area contributed by atoms with Crippen molar-refractivity contribution in [1.82, 2.24) is 9.88 Å². The van der Waals surface area contributed by atoms with Crippen LogP contribution >= 0.6 is 11.6 Å². The third kappa shape index (κ3) is 4.89. The van der Waals surface area contributed by atoms with E-state index < -0.39 is 48.9 Å². The number of sulfonamides is 1. The Bertz CT molecular complexity index is 1090. The van der Waals surface area contributed by atoms with E-state index in [1.165, 1.54) is 6.07 Å². The van der Waals surface area contributed by atoms with Crippen molar-refractivity contribution in [2.24, 2.45) is 0 Å². The minimum absolute atomic E-state index is 0.0252. The summed E-state index contributed by atoms with van der Waals surface area (Å²) >= 11 is 6.12. The van der Waals surface area contributed by atoms with Gasteiger partial charge in [-0.25, -0.2) is 22.2 Å². The van der Waals surface area contributed by atoms with E-state index in [2.05, 4.69) is 4.98 Å². The summed E-state index contributed by atoms with van der Waals surface area (Å²) in [6.45, 7) is 1.31. The molecule has 1 aromatic carbocycles. The van der Waals surface area contributed by atoms with Crippen molar-refractivity contribution in [1.29, 1.82) is 0 Å². The van der Waals surface area contributed by atoms with Gasteiger partial charge in [0.05, 0.1) is 11.3 Å². The van der Waals surface area contributed by atoms with Gasteiger partial charge in [0.2, 0.25) is 5.95 Å². The topological polar surface area (TPSA) is 74.8 Å². The first-order valence-electron chi connectivity index (χ1n) is 9.26. The van der Waals surface area contributed by atoms with Crippen molar-refractivity contribution in [2.45, 2.75) is 16.9 Å². The lowest BCUT2D eigenvalue weighted by molar-refractivity contribution is -0.0100. The number of nitrogens with one attached hydrogen (secondary N) is 1. The van der Waals surface area contributed by atoms with Gasteiger partial charge in [0.1, 0.15) is 16.7 Å². The Balaban J connectivity index is 1.94. The molecule has 0 spiro atoms. The van der Waals surface area contributed by atoms with Gasteiger partial charge in [0.25, 0.3) is 10.0 Å². The number of halogens is 4. The van der Waals surface area contributed by atoms with Crippen molar-refractivity contribution >= 4 is 33.1 Å². The smallest absolute Gasteiger partial charge is 0.268 e. The molecule has 1 atom stereocenters. The fourth-order valence-corrected chi connectivity index (χ4v) is 5.15. The first-order chi connectivity index (χ1) is 14.5. The summed E-state index contributed by atoms with van der Waals surface area (Å²) in [7, 11) is 0.575. The van der Waals surface area contributed by atoms with Crippen LogP contribution in [0.2, 0.25) is 5.02 Å². The molecule has 12 heteroatoms. The molecule has 7 nitrogen and oxygen atoms in total. The average molecular weight is 479 g/mol. The van der Waals surface area contributed by atoms with E-state index in [-0.39, 0.29) is 5.69 Å². The van der Waals surface area contributed by atoms with E-state index in [0.29, 0.717) is 26.1 Å². The van der Waals surface area contributed by atoms with Crippen LogP contribution < -0.4 is 9.62 Å². The summed E-state index contributed by atoms with van der Waals surface area (Å²) in [6.07, 6.45) is 0.591. The van der Waals surface area contributed by atoms with Crippen LogP contribution in [0.4, 0.5) is 24.7 Å². The second-order valence-corrected chi connectivity index (χ2v) is 9.58. The molecular weight excluding hydrogens is 457 g/mol. The van der Waals surface area contributed by atoms with Gasteiger partial charge in [-0.05, 0) is 32.6 Å². The standard InChI is InChI=1S/C19H22ClF3N4O3S/c1-26(2)10-19(30-3)7-8-27(11-19)13-9-12(21)18(17(23)16(13)20)31(28,29)25-15-6-4-5-14(22)24-15/h4-6,9H,7-8,10-11H2,1-3H3,(H,24,25)/t19-/m1/s1. The highest BCUT2D eigenvalue weighted by Gasteiger charge is 2.40. The molecule has 2 aromatic rings. The Labute approximate surface area is 183 Å². The molecule has 1 N–H and O–H groups in total. The molecule has 1 aliphatic heterocycles. The molecule has 3 rings (SSSR count). The number of ether oxygens (including phenoxy) is 1. The van der Waals surface area contributed by atoms with Crippen LogP contribution in [0.15, 0.2) is 29.2 Å². The van der Waals surface area contributed by atoms with Crippen LogP contribution in [0.25, 0.3) is 0 Å². The Morgan fingerprint density at radius 2 is 2.03 bits per heavy atom. The molecule has 0 saturated carbocycles. The Hall–Kier alpha value is -2.08. The number of anilines is 2. The molecule has 1 fully saturated rings. The number of nitrogens with zero attached hydrogens (tertiary/aromatic N) is 3. The van der Waals surface area contributed by atoms with Gasteiger partial charge >= 0.3 is 0 Å². The molecular formula is C19H22ClF3N4O3S. The molecule has 0 unspecified atom stereocenters. The summed E-state index contributed by atoms with van der Waals surface area (Å²) in [6, 6.07) is 4.22. The quantitative estimate of drug-likeness (QED) is 0.487. The van der Waals surface area contributed by atoms with Crippen molar-refractivity contribution in [3.63, 3.8) is 0 Å². The maximum atomic E-state index is 15.0. The fourth-order valence-electron chi connectivity index (χ4n) is 3.68. The highest BCUT2D eigenvalue weighted by atomic mass is 35.5. The Morgan fingerprint density at radius 3 is 2.65 bits per heavy atom. The largest absolute Gasteiger partial charge is 0.375 e. The predicted molar refractivity (Wildman–Crippen MR) is 111 cm³/mol. The van der Waals surface area contributed by atoms with Gasteiger partial charge in [0.15, 0.2) is 10.7 Å². The van der Waals surface area contributed by atoms with Gasteiger partial charge in [0, 0.05) is 32.8 Å². The third-order valence-corrected chi connectivity index (χ3v) is 6.76. The number of rotatable bonds is 7. The number of methoxy groups -OCH3 is 1. The molecule has 31 heavy (non-hydrogen) atoms. The second-order valence-electron chi connectivity index (χ2n) is 7.58. The minimum Gasteiger partial charge on any atom is -0.375 e. The fraction of sp³-hybridized carbons (Fsp3) is 0.421. The molecule has 0 bridgehead atoms. The van der Waals surface area contributed by atoms with Crippen molar-refractivity contribution in [3.05, 3.63) is 46.9 Å². The first kappa shape index (κ1) is 23.6. The second kappa shape index (κ2) is 8.81. The van der Waals surface area contributed by atoms with E-state index in [1.54, 1.807) is 12.0 Å². The zero-order chi connectivity index (χ0) is 23.0. The zero-order valence-corrected chi connectivity index (χ0v) is 18.7. The number of hydrogen-bond donors (Lipinski definition) is 1. The van der Waals surface area contributed by atoms with Crippen LogP contribution in [0.5, 0.6) is 0 Å². The van der Waals surface area contributed by atoms with Crippen LogP contribution in [0, 0.1) is 17.6 Å². The lowest BCUT2D eigenvalue weighted by Crippen LogP contribution is -2.44. The van der Waals surface area contributed by atoms with Crippen LogP contribution in [0.3, 0.4) is 0 Å². The number of benzene rings is 1. The van der Waals surface area contributed by atoms with E-state index in [4.69, 9.17) is 16.3 Å². The maximum absolute atomic E-state index is 15.0. The number of pyridine rings is 1. The van der Waals surface area contributed by atoms with E-state index >= 15 is 0 Å². The summed E-state index contributed by atoms with van der Waals surface area (Å²) in [4.78, 5) is 5.66. The van der Waals surface area contributed by atoms with Crippen molar-refractivity contribution < 1.29 is 26.3 Å². The summed E-state index contributed by atoms with van der Waals surface area (Å²) < 4.78 is 75.7. The number of likely N-dealkylation sites (N-methyl/N-ethyl adjacent to an activating group) is 1. The first-order valence-corrected chi connectivity index (χ1v) is 11.1. The average Bonchev–Trinajstić information content (AvgIpc) is 3.07. The lowest BCUT2D eigenvalue weighted by atomic mass is 10.0. The van der Waals surface area contributed by atoms with Crippen molar-refractivity contribution in [3.8, 4) is 0 Å². The number of aromatic nitrogens is 1. The number of hydrogen-bond acceptors (Lipinski definition) is 6. The van der Waals surface area contributed by atoms with Gasteiger partial charge in [-0.2, -0.15) is 4.39 Å². The Morgan fingerprint density at radius 1 is 1.32 bits per heavy atom. The van der Waals surface area contributed by atoms with E-state index in [0.717, 1.165) is 18.2 Å². The van der Waals surface area contributed by atoms with Gasteiger partial charge in [-0.1, -0.05) is 17.7 Å². The summed E-state index contributed by atoms with van der Waals surface area (Å²) in [5.74, 6) is -4.15. The Kier molecular flexibility index (Phi) is 6.70. The predicted octanol–water partition coefficient (Wildman–Crippen LogP) is 3.11. The minimum atomic E-state index is -4.76. The molecule has 2 heterocycles. The van der Waals surface area contributed by atoms with Gasteiger partial charge in [-0.15, -0.1) is 0 Å². The molecule has 1 aromatic heterocycles. The molecule has 0 radical (unpaired) electrons. The SMILES string of the molecule is CO[C@@]1(CN(C)C)CCN(c2cc(F)c(S(=O)(=O)Nc3cccc(F)n3)c(F)c2Cl)C1. The van der Waals surface area contributed by atoms with E-state index in [9.17, 15) is 21.6 Å². The van der Waals surface area contributed by atoms with Crippen LogP contribution in [0.1, 0.15) is 6.42 Å². The van der Waals surface area contributed by atoms with Crippen molar-refractivity contribution in [2.75, 3.05) is 50.5 Å². The maximum Gasteiger partial charge on any atom is 0.268 e. The normalized spacial score (nSPS) is 19.3. The highest BCUT2D eigenvalue weighted by Crippen LogP contribution is 2.38. The monoisotopic (exact) mass is 478 g/mol. The van der Waals surface area contributed by atoms with Gasteiger partial charge < -0.3 is 14.5 Å². The molecule has 1 aliphatic rings. The molecule has 1 saturated heterocycles. The summed E-state index contributed by atoms with van der Waals surface area (Å²) in [5.41, 5.74) is -0.535. The molecule has 0 aliphatic carbocycles. The van der Waals surface area contributed by atoms with Crippen LogP contribution in [-0.2, 0) is 14.8 Å². The van der Waals surface area contributed by atoms with E-state index in [1.807, 2.05) is 23.7 Å². The highest BCUT2D eigenvalue weighted by molar-refractivity contribution is 7.92. The third-order valence-electron chi connectivity index (χ3n) is 5.01. The molecule has 170 valence electrons. The zero-order valence-electron chi connectivity index (χ0n) is 17.1. The summed E-state index contributed by atoms with van der Waals surface area (Å²) in [5, 5.41) is -0.536. The van der Waals surface area contributed by atoms with Gasteiger partial charge in [-0.3, -0.25) is 4.72 Å². The van der Waals surface area contributed by atoms with Crippen LogP contribution in [-0.4, -0.2) is 64.7 Å². The molecule has 0 amide bonds. The lowest BCUT2D eigenvalue weighted by Gasteiger charge is -2.31.